The third kappa shape index (κ3) is 4.76. The summed E-state index contributed by atoms with van der Waals surface area (Å²) in [6.45, 7) is 1.89. The fourth-order valence-corrected chi connectivity index (χ4v) is 3.18. The van der Waals surface area contributed by atoms with Crippen molar-refractivity contribution in [3.63, 3.8) is 0 Å². The minimum Gasteiger partial charge on any atom is -0.456 e. The predicted molar refractivity (Wildman–Crippen MR) is 107 cm³/mol. The van der Waals surface area contributed by atoms with Crippen molar-refractivity contribution in [3.05, 3.63) is 66.1 Å². The molecule has 0 aliphatic rings. The molecule has 1 amide bonds. The minimum atomic E-state index is -0.400. The van der Waals surface area contributed by atoms with Crippen LogP contribution in [0.2, 0.25) is 0 Å². The van der Waals surface area contributed by atoms with E-state index in [2.05, 4.69) is 4.98 Å². The average Bonchev–Trinajstić information content (AvgIpc) is 3.12. The highest BCUT2D eigenvalue weighted by Gasteiger charge is 2.16. The summed E-state index contributed by atoms with van der Waals surface area (Å²) in [6, 6.07) is 13.7. The van der Waals surface area contributed by atoms with Crippen LogP contribution in [0.4, 0.5) is 10.1 Å². The van der Waals surface area contributed by atoms with Crippen LogP contribution in [-0.4, -0.2) is 30.0 Å². The standard InChI is InChI=1S/C22H23FN2O3/c1-2-25(18-12-10-17(23)11-13-18)21(26)15-28-22(27)9-5-6-16-14-24-20-8-4-3-7-19(16)20/h3-4,7-8,10-14,24H,2,5-6,9,15H2,1H3. The van der Waals surface area contributed by atoms with E-state index in [1.807, 2.05) is 37.4 Å². The van der Waals surface area contributed by atoms with Gasteiger partial charge in [-0.25, -0.2) is 4.39 Å². The summed E-state index contributed by atoms with van der Waals surface area (Å²) < 4.78 is 18.2. The molecule has 0 saturated carbocycles. The number of nitrogens with one attached hydrogen (secondary N) is 1. The number of fused-ring (bicyclic) bond motifs is 1. The molecule has 1 heterocycles. The Hall–Kier alpha value is -3.15. The molecule has 0 aliphatic heterocycles. The van der Waals surface area contributed by atoms with Crippen molar-refractivity contribution >= 4 is 28.5 Å². The van der Waals surface area contributed by atoms with Gasteiger partial charge in [0.25, 0.3) is 5.91 Å². The van der Waals surface area contributed by atoms with E-state index in [-0.39, 0.29) is 24.8 Å². The van der Waals surface area contributed by atoms with Crippen molar-refractivity contribution in [2.45, 2.75) is 26.2 Å². The molecule has 0 atom stereocenters. The number of hydrogen-bond donors (Lipinski definition) is 1. The SMILES string of the molecule is CCN(C(=O)COC(=O)CCCc1c[nH]c2ccccc12)c1ccc(F)cc1. The molecule has 0 spiro atoms. The summed E-state index contributed by atoms with van der Waals surface area (Å²) in [6.07, 6.45) is 3.60. The monoisotopic (exact) mass is 382 g/mol. The number of aromatic amines is 1. The van der Waals surface area contributed by atoms with E-state index in [1.54, 1.807) is 0 Å². The second-order valence-corrected chi connectivity index (χ2v) is 6.49. The topological polar surface area (TPSA) is 62.4 Å². The van der Waals surface area contributed by atoms with E-state index in [1.165, 1.54) is 29.2 Å². The molecule has 0 bridgehead atoms. The molecule has 3 rings (SSSR count). The summed E-state index contributed by atoms with van der Waals surface area (Å²) in [4.78, 5) is 29.0. The molecule has 0 aliphatic carbocycles. The number of nitrogens with zero attached hydrogens (tertiary/aromatic N) is 1. The van der Waals surface area contributed by atoms with Crippen LogP contribution in [0.1, 0.15) is 25.3 Å². The number of amides is 1. The minimum absolute atomic E-state index is 0.245. The Bertz CT molecular complexity index is 950. The van der Waals surface area contributed by atoms with Gasteiger partial charge in [0.1, 0.15) is 5.82 Å². The highest BCUT2D eigenvalue weighted by atomic mass is 19.1. The van der Waals surface area contributed by atoms with Crippen LogP contribution >= 0.6 is 0 Å². The largest absolute Gasteiger partial charge is 0.456 e. The first-order chi connectivity index (χ1) is 13.6. The Balaban J connectivity index is 1.45. The third-order valence-electron chi connectivity index (χ3n) is 4.61. The first-order valence-electron chi connectivity index (χ1n) is 9.35. The quantitative estimate of drug-likeness (QED) is 0.593. The van der Waals surface area contributed by atoms with Crippen molar-refractivity contribution in [3.8, 4) is 0 Å². The number of esters is 1. The summed E-state index contributed by atoms with van der Waals surface area (Å²) in [7, 11) is 0. The van der Waals surface area contributed by atoms with Crippen LogP contribution in [0.5, 0.6) is 0 Å². The number of aryl methyl sites for hydroxylation is 1. The van der Waals surface area contributed by atoms with Gasteiger partial charge in [-0.05, 0) is 55.7 Å². The van der Waals surface area contributed by atoms with Gasteiger partial charge in [0.2, 0.25) is 0 Å². The van der Waals surface area contributed by atoms with Crippen LogP contribution in [0.25, 0.3) is 10.9 Å². The first-order valence-corrected chi connectivity index (χ1v) is 9.35. The van der Waals surface area contributed by atoms with Gasteiger partial charge in [-0.3, -0.25) is 9.59 Å². The Morgan fingerprint density at radius 1 is 1.11 bits per heavy atom. The summed E-state index contributed by atoms with van der Waals surface area (Å²) >= 11 is 0. The number of benzene rings is 2. The highest BCUT2D eigenvalue weighted by molar-refractivity contribution is 5.95. The molecule has 5 nitrogen and oxygen atoms in total. The van der Waals surface area contributed by atoms with Crippen molar-refractivity contribution in [1.29, 1.82) is 0 Å². The number of likely N-dealkylation sites (N-methyl/N-ethyl adjacent to an activating group) is 1. The summed E-state index contributed by atoms with van der Waals surface area (Å²) in [5.74, 6) is -1.10. The van der Waals surface area contributed by atoms with Crippen LogP contribution in [0.15, 0.2) is 54.7 Å². The van der Waals surface area contributed by atoms with Crippen molar-refractivity contribution in [2.75, 3.05) is 18.1 Å². The van der Waals surface area contributed by atoms with Crippen molar-refractivity contribution in [1.82, 2.24) is 4.98 Å². The zero-order valence-electron chi connectivity index (χ0n) is 15.8. The zero-order valence-corrected chi connectivity index (χ0v) is 15.8. The van der Waals surface area contributed by atoms with Crippen LogP contribution in [0.3, 0.4) is 0 Å². The Morgan fingerprint density at radius 3 is 2.61 bits per heavy atom. The van der Waals surface area contributed by atoms with E-state index in [0.717, 1.165) is 22.9 Å². The molecular weight excluding hydrogens is 359 g/mol. The Labute approximate surface area is 163 Å². The van der Waals surface area contributed by atoms with Crippen molar-refractivity contribution < 1.29 is 18.7 Å². The van der Waals surface area contributed by atoms with Crippen LogP contribution < -0.4 is 4.90 Å². The number of para-hydroxylation sites is 1. The molecular formula is C22H23FN2O3. The lowest BCUT2D eigenvalue weighted by Gasteiger charge is -2.20. The number of carbonyl (C=O) groups excluding carboxylic acids is 2. The average molecular weight is 382 g/mol. The zero-order chi connectivity index (χ0) is 19.9. The lowest BCUT2D eigenvalue weighted by molar-refractivity contribution is -0.147. The van der Waals surface area contributed by atoms with Crippen LogP contribution in [0, 0.1) is 5.82 Å². The Kier molecular flexibility index (Phi) is 6.42. The molecule has 6 heteroatoms. The predicted octanol–water partition coefficient (Wildman–Crippen LogP) is 4.23. The molecule has 2 aromatic carbocycles. The van der Waals surface area contributed by atoms with Crippen LogP contribution in [-0.2, 0) is 20.7 Å². The van der Waals surface area contributed by atoms with Gasteiger partial charge in [0, 0.05) is 35.8 Å². The third-order valence-corrected chi connectivity index (χ3v) is 4.61. The smallest absolute Gasteiger partial charge is 0.306 e. The lowest BCUT2D eigenvalue weighted by atomic mass is 10.1. The first kappa shape index (κ1) is 19.6. The number of halogens is 1. The maximum atomic E-state index is 13.0. The number of aromatic nitrogens is 1. The highest BCUT2D eigenvalue weighted by Crippen LogP contribution is 2.19. The second kappa shape index (κ2) is 9.17. The lowest BCUT2D eigenvalue weighted by Crippen LogP contribution is -2.34. The van der Waals surface area contributed by atoms with Gasteiger partial charge in [0.15, 0.2) is 6.61 Å². The molecule has 0 fully saturated rings. The number of rotatable bonds is 8. The van der Waals surface area contributed by atoms with Gasteiger partial charge >= 0.3 is 5.97 Å². The molecule has 146 valence electrons. The fourth-order valence-electron chi connectivity index (χ4n) is 3.18. The number of hydrogen-bond acceptors (Lipinski definition) is 3. The Morgan fingerprint density at radius 2 is 1.86 bits per heavy atom. The van der Waals surface area contributed by atoms with Gasteiger partial charge in [-0.1, -0.05) is 18.2 Å². The number of H-pyrrole nitrogens is 1. The summed E-state index contributed by atoms with van der Waals surface area (Å²) in [5.41, 5.74) is 2.81. The number of ether oxygens (including phenoxy) is 1. The molecule has 0 radical (unpaired) electrons. The molecule has 0 unspecified atom stereocenters. The van der Waals surface area contributed by atoms with E-state index in [9.17, 15) is 14.0 Å². The molecule has 3 aromatic rings. The number of anilines is 1. The maximum Gasteiger partial charge on any atom is 0.306 e. The molecule has 1 N–H and O–H groups in total. The molecule has 1 aromatic heterocycles. The van der Waals surface area contributed by atoms with Gasteiger partial charge in [-0.15, -0.1) is 0 Å². The van der Waals surface area contributed by atoms with E-state index in [4.69, 9.17) is 4.74 Å². The normalized spacial score (nSPS) is 10.8. The number of carbonyl (C=O) groups is 2. The molecule has 0 saturated heterocycles. The van der Waals surface area contributed by atoms with Crippen molar-refractivity contribution in [2.24, 2.45) is 0 Å². The summed E-state index contributed by atoms with van der Waals surface area (Å²) in [5, 5.41) is 1.16. The van der Waals surface area contributed by atoms with Gasteiger partial charge in [-0.2, -0.15) is 0 Å². The maximum absolute atomic E-state index is 13.0. The fraction of sp³-hybridized carbons (Fsp3) is 0.273. The van der Waals surface area contributed by atoms with Gasteiger partial charge in [0.05, 0.1) is 0 Å². The van der Waals surface area contributed by atoms with E-state index >= 15 is 0 Å². The molecule has 28 heavy (non-hydrogen) atoms. The van der Waals surface area contributed by atoms with E-state index < -0.39 is 5.97 Å². The van der Waals surface area contributed by atoms with E-state index in [0.29, 0.717) is 18.7 Å². The second-order valence-electron chi connectivity index (χ2n) is 6.49. The van der Waals surface area contributed by atoms with Gasteiger partial charge < -0.3 is 14.6 Å².